The van der Waals surface area contributed by atoms with Crippen LogP contribution in [0.15, 0.2) is 48.5 Å². The molecule has 33 heavy (non-hydrogen) atoms. The zero-order valence-electron chi connectivity index (χ0n) is 19.1. The molecule has 0 aromatic heterocycles. The Morgan fingerprint density at radius 3 is 2.36 bits per heavy atom. The number of methoxy groups -OCH3 is 1. The predicted molar refractivity (Wildman–Crippen MR) is 128 cm³/mol. The third-order valence-electron chi connectivity index (χ3n) is 6.39. The summed E-state index contributed by atoms with van der Waals surface area (Å²) in [5.41, 5.74) is 2.89. The summed E-state index contributed by atoms with van der Waals surface area (Å²) in [5, 5.41) is 2.95. The maximum Gasteiger partial charge on any atom is 0.261 e. The maximum absolute atomic E-state index is 12.4. The molecule has 1 N–H and O–H groups in total. The van der Waals surface area contributed by atoms with Gasteiger partial charge in [-0.1, -0.05) is 18.6 Å². The number of ether oxygens (including phenoxy) is 1. The molecule has 1 saturated heterocycles. The van der Waals surface area contributed by atoms with E-state index in [1.807, 2.05) is 24.3 Å². The van der Waals surface area contributed by atoms with E-state index in [2.05, 4.69) is 10.2 Å². The van der Waals surface area contributed by atoms with Gasteiger partial charge in [0.05, 0.1) is 17.2 Å². The zero-order chi connectivity index (χ0) is 23.2. The summed E-state index contributed by atoms with van der Waals surface area (Å²) in [6, 6.07) is 14.9. The molecule has 174 valence electrons. The van der Waals surface area contributed by atoms with E-state index < -0.39 is 0 Å². The third-order valence-corrected chi connectivity index (χ3v) is 6.39. The normalized spacial score (nSPS) is 17.9. The molecule has 3 amide bonds. The number of fused-ring (bicyclic) bond motifs is 1. The summed E-state index contributed by atoms with van der Waals surface area (Å²) in [4.78, 5) is 40.7. The lowest BCUT2D eigenvalue weighted by Gasteiger charge is -2.33. The molecular formula is C26H31N3O4. The van der Waals surface area contributed by atoms with Gasteiger partial charge in [0, 0.05) is 44.5 Å². The van der Waals surface area contributed by atoms with Crippen LogP contribution in [0.25, 0.3) is 0 Å². The maximum atomic E-state index is 12.4. The number of nitrogens with one attached hydrogen (secondary N) is 1. The Kier molecular flexibility index (Phi) is 7.40. The molecule has 2 aromatic rings. The molecule has 0 aliphatic carbocycles. The van der Waals surface area contributed by atoms with Crippen molar-refractivity contribution in [2.75, 3.05) is 37.0 Å². The van der Waals surface area contributed by atoms with E-state index in [0.717, 1.165) is 43.7 Å². The van der Waals surface area contributed by atoms with E-state index in [-0.39, 0.29) is 23.8 Å². The first-order valence-electron chi connectivity index (χ1n) is 11.7. The van der Waals surface area contributed by atoms with E-state index in [0.29, 0.717) is 36.9 Å². The van der Waals surface area contributed by atoms with Crippen LogP contribution in [0.1, 0.15) is 59.2 Å². The minimum absolute atomic E-state index is 0.0269. The van der Waals surface area contributed by atoms with Crippen molar-refractivity contribution < 1.29 is 19.1 Å². The van der Waals surface area contributed by atoms with Crippen molar-refractivity contribution in [1.29, 1.82) is 0 Å². The van der Waals surface area contributed by atoms with Crippen molar-refractivity contribution >= 4 is 29.1 Å². The lowest BCUT2D eigenvalue weighted by Crippen LogP contribution is -2.39. The number of unbranched alkanes of at least 4 members (excludes halogenated alkanes) is 2. The predicted octanol–water partition coefficient (Wildman–Crippen LogP) is 4.10. The molecule has 0 bridgehead atoms. The monoisotopic (exact) mass is 449 g/mol. The smallest absolute Gasteiger partial charge is 0.261 e. The first kappa shape index (κ1) is 23.0. The molecular weight excluding hydrogens is 418 g/mol. The van der Waals surface area contributed by atoms with E-state index in [1.54, 1.807) is 31.4 Å². The summed E-state index contributed by atoms with van der Waals surface area (Å²) in [6.07, 6.45) is 5.06. The van der Waals surface area contributed by atoms with Crippen molar-refractivity contribution in [1.82, 2.24) is 4.90 Å². The highest BCUT2D eigenvalue weighted by Gasteiger charge is 2.34. The average molecular weight is 450 g/mol. The van der Waals surface area contributed by atoms with Gasteiger partial charge in [-0.3, -0.25) is 19.3 Å². The molecule has 1 fully saturated rings. The molecule has 0 spiro atoms. The first-order chi connectivity index (χ1) is 16.1. The summed E-state index contributed by atoms with van der Waals surface area (Å²) < 4.78 is 5.49. The molecule has 4 rings (SSSR count). The number of anilines is 2. The van der Waals surface area contributed by atoms with E-state index >= 15 is 0 Å². The second-order valence-electron chi connectivity index (χ2n) is 8.66. The van der Waals surface area contributed by atoms with Gasteiger partial charge in [0.25, 0.3) is 11.8 Å². The van der Waals surface area contributed by atoms with Gasteiger partial charge < -0.3 is 15.0 Å². The SMILES string of the molecule is COC1CCCN(c2ccc(NC(=O)CCCCCN3C(=O)c4ccccc4C3=O)cc2)C1. The summed E-state index contributed by atoms with van der Waals surface area (Å²) in [6.45, 7) is 2.30. The van der Waals surface area contributed by atoms with Gasteiger partial charge in [0.2, 0.25) is 5.91 Å². The van der Waals surface area contributed by atoms with Gasteiger partial charge in [-0.2, -0.15) is 0 Å². The van der Waals surface area contributed by atoms with Crippen molar-refractivity contribution in [3.05, 3.63) is 59.7 Å². The Balaban J connectivity index is 1.16. The van der Waals surface area contributed by atoms with Gasteiger partial charge in [0.1, 0.15) is 0 Å². The van der Waals surface area contributed by atoms with Crippen LogP contribution in [0.5, 0.6) is 0 Å². The number of carbonyl (C=O) groups is 3. The topological polar surface area (TPSA) is 79.0 Å². The number of amides is 3. The molecule has 1 unspecified atom stereocenters. The van der Waals surface area contributed by atoms with Crippen LogP contribution < -0.4 is 10.2 Å². The fraction of sp³-hybridized carbons (Fsp3) is 0.423. The van der Waals surface area contributed by atoms with Crippen molar-refractivity contribution in [3.63, 3.8) is 0 Å². The molecule has 7 nitrogen and oxygen atoms in total. The van der Waals surface area contributed by atoms with Crippen LogP contribution >= 0.6 is 0 Å². The van der Waals surface area contributed by atoms with Crippen LogP contribution in [-0.2, 0) is 9.53 Å². The quantitative estimate of drug-likeness (QED) is 0.461. The van der Waals surface area contributed by atoms with Crippen LogP contribution in [0.4, 0.5) is 11.4 Å². The number of nitrogens with zero attached hydrogens (tertiary/aromatic N) is 2. The van der Waals surface area contributed by atoms with Gasteiger partial charge in [-0.05, 0) is 62.1 Å². The summed E-state index contributed by atoms with van der Waals surface area (Å²) in [5.74, 6) is -0.473. The largest absolute Gasteiger partial charge is 0.380 e. The zero-order valence-corrected chi connectivity index (χ0v) is 19.1. The van der Waals surface area contributed by atoms with Gasteiger partial charge in [-0.25, -0.2) is 0 Å². The van der Waals surface area contributed by atoms with Crippen LogP contribution in [0, 0.1) is 0 Å². The summed E-state index contributed by atoms with van der Waals surface area (Å²) in [7, 11) is 1.76. The number of hydrogen-bond acceptors (Lipinski definition) is 5. The fourth-order valence-corrected chi connectivity index (χ4v) is 4.52. The van der Waals surface area contributed by atoms with E-state index in [1.165, 1.54) is 4.90 Å². The van der Waals surface area contributed by atoms with E-state index in [9.17, 15) is 14.4 Å². The molecule has 1 atom stereocenters. The van der Waals surface area contributed by atoms with Gasteiger partial charge in [-0.15, -0.1) is 0 Å². The molecule has 2 heterocycles. The Hall–Kier alpha value is -3.19. The number of rotatable bonds is 9. The van der Waals surface area contributed by atoms with Crippen LogP contribution in [-0.4, -0.2) is 55.5 Å². The molecule has 2 aliphatic rings. The minimum atomic E-state index is -0.223. The van der Waals surface area contributed by atoms with Crippen molar-refractivity contribution in [2.45, 2.75) is 44.6 Å². The third kappa shape index (κ3) is 5.42. The number of benzene rings is 2. The molecule has 2 aromatic carbocycles. The lowest BCUT2D eigenvalue weighted by molar-refractivity contribution is -0.116. The molecule has 2 aliphatic heterocycles. The Morgan fingerprint density at radius 2 is 1.70 bits per heavy atom. The van der Waals surface area contributed by atoms with Crippen molar-refractivity contribution in [3.8, 4) is 0 Å². The minimum Gasteiger partial charge on any atom is -0.380 e. The lowest BCUT2D eigenvalue weighted by atomic mass is 10.1. The standard InChI is InChI=1S/C26H31N3O4/c1-33-21-8-7-16-28(18-21)20-14-12-19(13-15-20)27-24(30)11-3-2-6-17-29-25(31)22-9-4-5-10-23(22)26(29)32/h4-5,9-10,12-15,21H,2-3,6-8,11,16-18H2,1H3,(H,27,30). The van der Waals surface area contributed by atoms with Crippen LogP contribution in [0.2, 0.25) is 0 Å². The number of hydrogen-bond donors (Lipinski definition) is 1. The highest BCUT2D eigenvalue weighted by Crippen LogP contribution is 2.24. The van der Waals surface area contributed by atoms with Crippen molar-refractivity contribution in [2.24, 2.45) is 0 Å². The number of carbonyl (C=O) groups excluding carboxylic acids is 3. The fourth-order valence-electron chi connectivity index (χ4n) is 4.52. The molecule has 7 heteroatoms. The van der Waals surface area contributed by atoms with Gasteiger partial charge >= 0.3 is 0 Å². The highest BCUT2D eigenvalue weighted by atomic mass is 16.5. The highest BCUT2D eigenvalue weighted by molar-refractivity contribution is 6.21. The first-order valence-corrected chi connectivity index (χ1v) is 11.7. The van der Waals surface area contributed by atoms with Gasteiger partial charge in [0.15, 0.2) is 0 Å². The Labute approximate surface area is 194 Å². The Morgan fingerprint density at radius 1 is 1.00 bits per heavy atom. The average Bonchev–Trinajstić information content (AvgIpc) is 3.09. The Bertz CT molecular complexity index is 970. The number of piperidine rings is 1. The summed E-state index contributed by atoms with van der Waals surface area (Å²) >= 11 is 0. The van der Waals surface area contributed by atoms with E-state index in [4.69, 9.17) is 4.74 Å². The second-order valence-corrected chi connectivity index (χ2v) is 8.66. The molecule has 0 radical (unpaired) electrons. The van der Waals surface area contributed by atoms with Crippen LogP contribution in [0.3, 0.4) is 0 Å². The second kappa shape index (κ2) is 10.6. The molecule has 0 saturated carbocycles. The number of imide groups is 1.